The molecule has 1 aliphatic heterocycles. The normalized spacial score (nSPS) is 18.9. The van der Waals surface area contributed by atoms with Crippen LogP contribution in [0.5, 0.6) is 0 Å². The van der Waals surface area contributed by atoms with Crippen molar-refractivity contribution in [2.24, 2.45) is 0 Å². The molecule has 1 fully saturated rings. The molecule has 24 heavy (non-hydrogen) atoms. The zero-order chi connectivity index (χ0) is 16.6. The van der Waals surface area contributed by atoms with Crippen LogP contribution < -0.4 is 0 Å². The van der Waals surface area contributed by atoms with E-state index in [0.29, 0.717) is 6.54 Å². The highest BCUT2D eigenvalue weighted by Gasteiger charge is 2.36. The standard InChI is InChI=1S/C19H18N2O2S/c22-24(23,16-8-4-12-20-14-16)21-13-5-11-19(21)18-10-3-7-15-6-1-2-9-17(15)18/h1-4,6-10,12,14,19H,5,11,13H2/t19-/m0/s1. The van der Waals surface area contributed by atoms with Gasteiger partial charge in [0.1, 0.15) is 4.90 Å². The first-order valence-electron chi connectivity index (χ1n) is 8.07. The van der Waals surface area contributed by atoms with Crippen LogP contribution in [0.1, 0.15) is 24.4 Å². The van der Waals surface area contributed by atoms with Crippen LogP contribution in [0.15, 0.2) is 71.9 Å². The van der Waals surface area contributed by atoms with Crippen LogP contribution in [0.2, 0.25) is 0 Å². The van der Waals surface area contributed by atoms with Gasteiger partial charge in [-0.3, -0.25) is 4.98 Å². The summed E-state index contributed by atoms with van der Waals surface area (Å²) in [6, 6.07) is 17.4. The highest BCUT2D eigenvalue weighted by Crippen LogP contribution is 2.39. The molecule has 1 atom stereocenters. The van der Waals surface area contributed by atoms with E-state index < -0.39 is 10.0 Å². The largest absolute Gasteiger partial charge is 0.263 e. The Morgan fingerprint density at radius 2 is 1.83 bits per heavy atom. The van der Waals surface area contributed by atoms with Gasteiger partial charge in [0.05, 0.1) is 6.04 Å². The topological polar surface area (TPSA) is 50.3 Å². The third-order valence-electron chi connectivity index (χ3n) is 4.63. The summed E-state index contributed by atoms with van der Waals surface area (Å²) in [5.41, 5.74) is 1.08. The van der Waals surface area contributed by atoms with Crippen LogP contribution in [-0.4, -0.2) is 24.3 Å². The van der Waals surface area contributed by atoms with Crippen molar-refractivity contribution in [2.75, 3.05) is 6.54 Å². The first-order valence-corrected chi connectivity index (χ1v) is 9.51. The van der Waals surface area contributed by atoms with Gasteiger partial charge in [-0.25, -0.2) is 8.42 Å². The third-order valence-corrected chi connectivity index (χ3v) is 6.52. The monoisotopic (exact) mass is 338 g/mol. The van der Waals surface area contributed by atoms with Gasteiger partial charge in [0.25, 0.3) is 0 Å². The number of nitrogens with zero attached hydrogens (tertiary/aromatic N) is 2. The molecule has 2 heterocycles. The second-order valence-electron chi connectivity index (χ2n) is 6.03. The summed E-state index contributed by atoms with van der Waals surface area (Å²) in [5.74, 6) is 0. The summed E-state index contributed by atoms with van der Waals surface area (Å²) >= 11 is 0. The molecule has 1 aromatic heterocycles. The molecule has 0 radical (unpaired) electrons. The minimum atomic E-state index is -3.53. The minimum absolute atomic E-state index is 0.124. The molecule has 4 nitrogen and oxygen atoms in total. The van der Waals surface area contributed by atoms with Crippen molar-refractivity contribution in [1.82, 2.24) is 9.29 Å². The van der Waals surface area contributed by atoms with Crippen molar-refractivity contribution in [3.63, 3.8) is 0 Å². The molecule has 0 amide bonds. The maximum absolute atomic E-state index is 13.0. The number of rotatable bonds is 3. The molecule has 0 saturated carbocycles. The van der Waals surface area contributed by atoms with Gasteiger partial charge in [0.15, 0.2) is 0 Å². The SMILES string of the molecule is O=S(=O)(c1cccnc1)N1CCC[C@H]1c1cccc2ccccc12. The van der Waals surface area contributed by atoms with Crippen molar-refractivity contribution < 1.29 is 8.42 Å². The Morgan fingerprint density at radius 1 is 1.00 bits per heavy atom. The van der Waals surface area contributed by atoms with E-state index in [-0.39, 0.29) is 10.9 Å². The Balaban J connectivity index is 1.81. The van der Waals surface area contributed by atoms with Gasteiger partial charge in [-0.05, 0) is 41.3 Å². The van der Waals surface area contributed by atoms with Crippen LogP contribution in [0.25, 0.3) is 10.8 Å². The molecular weight excluding hydrogens is 320 g/mol. The van der Waals surface area contributed by atoms with Crippen LogP contribution in [0.4, 0.5) is 0 Å². The average molecular weight is 338 g/mol. The van der Waals surface area contributed by atoms with Crippen LogP contribution in [0, 0.1) is 0 Å². The zero-order valence-electron chi connectivity index (χ0n) is 13.2. The molecule has 1 aliphatic rings. The zero-order valence-corrected chi connectivity index (χ0v) is 14.0. The van der Waals surface area contributed by atoms with Gasteiger partial charge >= 0.3 is 0 Å². The highest BCUT2D eigenvalue weighted by atomic mass is 32.2. The number of benzene rings is 2. The van der Waals surface area contributed by atoms with E-state index in [4.69, 9.17) is 0 Å². The van der Waals surface area contributed by atoms with E-state index in [1.54, 1.807) is 22.6 Å². The first kappa shape index (κ1) is 15.3. The number of hydrogen-bond donors (Lipinski definition) is 0. The quantitative estimate of drug-likeness (QED) is 0.730. The average Bonchev–Trinajstić information content (AvgIpc) is 3.12. The number of hydrogen-bond acceptors (Lipinski definition) is 3. The van der Waals surface area contributed by atoms with E-state index in [2.05, 4.69) is 23.2 Å². The van der Waals surface area contributed by atoms with Gasteiger partial charge in [0.2, 0.25) is 10.0 Å². The highest BCUT2D eigenvalue weighted by molar-refractivity contribution is 7.89. The number of pyridine rings is 1. The van der Waals surface area contributed by atoms with E-state index in [1.165, 1.54) is 6.20 Å². The second-order valence-corrected chi connectivity index (χ2v) is 7.92. The van der Waals surface area contributed by atoms with E-state index in [1.807, 2.05) is 24.3 Å². The Kier molecular flexibility index (Phi) is 3.82. The first-order chi connectivity index (χ1) is 11.7. The maximum atomic E-state index is 13.0. The summed E-state index contributed by atoms with van der Waals surface area (Å²) in [6.45, 7) is 0.547. The van der Waals surface area contributed by atoms with E-state index >= 15 is 0 Å². The fraction of sp³-hybridized carbons (Fsp3) is 0.211. The third kappa shape index (κ3) is 2.50. The summed E-state index contributed by atoms with van der Waals surface area (Å²) in [7, 11) is -3.53. The lowest BCUT2D eigenvalue weighted by Gasteiger charge is -2.25. The molecule has 0 aliphatic carbocycles. The fourth-order valence-electron chi connectivity index (χ4n) is 3.51. The van der Waals surface area contributed by atoms with Crippen molar-refractivity contribution in [2.45, 2.75) is 23.8 Å². The van der Waals surface area contributed by atoms with Gasteiger partial charge < -0.3 is 0 Å². The molecule has 4 rings (SSSR count). The summed E-state index contributed by atoms with van der Waals surface area (Å²) in [4.78, 5) is 4.23. The molecule has 0 bridgehead atoms. The lowest BCUT2D eigenvalue weighted by Crippen LogP contribution is -2.30. The number of sulfonamides is 1. The smallest absolute Gasteiger partial charge is 0.245 e. The van der Waals surface area contributed by atoms with Crippen molar-refractivity contribution in [3.8, 4) is 0 Å². The molecule has 0 spiro atoms. The summed E-state index contributed by atoms with van der Waals surface area (Å²) in [5, 5.41) is 2.26. The molecular formula is C19H18N2O2S. The van der Waals surface area contributed by atoms with E-state index in [9.17, 15) is 8.42 Å². The number of fused-ring (bicyclic) bond motifs is 1. The minimum Gasteiger partial charge on any atom is -0.263 e. The lowest BCUT2D eigenvalue weighted by molar-refractivity contribution is 0.398. The Hall–Kier alpha value is -2.24. The van der Waals surface area contributed by atoms with Crippen molar-refractivity contribution in [1.29, 1.82) is 0 Å². The second kappa shape index (κ2) is 6.00. The van der Waals surface area contributed by atoms with Gasteiger partial charge in [-0.15, -0.1) is 0 Å². The molecule has 5 heteroatoms. The number of aromatic nitrogens is 1. The lowest BCUT2D eigenvalue weighted by atomic mass is 9.98. The molecule has 122 valence electrons. The van der Waals surface area contributed by atoms with Gasteiger partial charge in [-0.1, -0.05) is 42.5 Å². The van der Waals surface area contributed by atoms with Crippen LogP contribution in [-0.2, 0) is 10.0 Å². The maximum Gasteiger partial charge on any atom is 0.245 e. The predicted molar refractivity (Wildman–Crippen MR) is 94.1 cm³/mol. The van der Waals surface area contributed by atoms with Crippen molar-refractivity contribution >= 4 is 20.8 Å². The van der Waals surface area contributed by atoms with E-state index in [0.717, 1.165) is 29.2 Å². The van der Waals surface area contributed by atoms with Gasteiger partial charge in [-0.2, -0.15) is 4.31 Å². The van der Waals surface area contributed by atoms with Crippen molar-refractivity contribution in [3.05, 3.63) is 72.6 Å². The summed E-state index contributed by atoms with van der Waals surface area (Å²) in [6.07, 6.45) is 4.72. The molecule has 0 unspecified atom stereocenters. The molecule has 1 saturated heterocycles. The van der Waals surface area contributed by atoms with Crippen LogP contribution >= 0.6 is 0 Å². The Morgan fingerprint density at radius 3 is 2.67 bits per heavy atom. The van der Waals surface area contributed by atoms with Gasteiger partial charge in [0, 0.05) is 18.9 Å². The summed E-state index contributed by atoms with van der Waals surface area (Å²) < 4.78 is 27.7. The molecule has 3 aromatic rings. The Labute approximate surface area is 141 Å². The van der Waals surface area contributed by atoms with Crippen LogP contribution in [0.3, 0.4) is 0 Å². The predicted octanol–water partition coefficient (Wildman–Crippen LogP) is 3.76. The Bertz CT molecular complexity index is 966. The molecule has 0 N–H and O–H groups in total. The molecule has 2 aromatic carbocycles. The fourth-order valence-corrected chi connectivity index (χ4v) is 5.15.